The van der Waals surface area contributed by atoms with Crippen molar-refractivity contribution in [2.24, 2.45) is 0 Å². The van der Waals surface area contributed by atoms with Gasteiger partial charge < -0.3 is 24.8 Å². The lowest BCUT2D eigenvalue weighted by molar-refractivity contribution is -0.141. The molecular weight excluding hydrogens is 490 g/mol. The van der Waals surface area contributed by atoms with Gasteiger partial charge in [-0.05, 0) is 36.8 Å². The molecule has 3 rings (SSSR count). The van der Waals surface area contributed by atoms with Crippen molar-refractivity contribution in [3.05, 3.63) is 59.7 Å². The highest BCUT2D eigenvalue weighted by Gasteiger charge is 2.26. The molecule has 11 nitrogen and oxygen atoms in total. The summed E-state index contributed by atoms with van der Waals surface area (Å²) in [6.07, 6.45) is -0.542. The zero-order valence-corrected chi connectivity index (χ0v) is 20.9. The topological polar surface area (TPSA) is 143 Å². The average Bonchev–Trinajstić information content (AvgIpc) is 2.85. The van der Waals surface area contributed by atoms with E-state index in [4.69, 9.17) is 9.47 Å². The lowest BCUT2D eigenvalue weighted by atomic mass is 10.1. The fourth-order valence-electron chi connectivity index (χ4n) is 3.46. The number of aliphatic carboxylic acids is 1. The highest BCUT2D eigenvalue weighted by molar-refractivity contribution is 7.89. The first-order chi connectivity index (χ1) is 17.1. The number of rotatable bonds is 9. The second-order valence-corrected chi connectivity index (χ2v) is 10.4. The number of carbonyl (C=O) groups is 3. The van der Waals surface area contributed by atoms with E-state index in [-0.39, 0.29) is 11.3 Å². The quantitative estimate of drug-likeness (QED) is 0.504. The first-order valence-corrected chi connectivity index (χ1v) is 12.7. The molecule has 0 radical (unpaired) electrons. The Morgan fingerprint density at radius 3 is 2.28 bits per heavy atom. The van der Waals surface area contributed by atoms with Crippen LogP contribution in [0.15, 0.2) is 53.4 Å². The average molecular weight is 520 g/mol. The number of sulfonamides is 1. The third-order valence-corrected chi connectivity index (χ3v) is 7.38. The number of nitrogens with zero attached hydrogens (tertiary/aromatic N) is 2. The van der Waals surface area contributed by atoms with E-state index in [0.29, 0.717) is 37.6 Å². The van der Waals surface area contributed by atoms with Crippen LogP contribution >= 0.6 is 0 Å². The fraction of sp³-hybridized carbons (Fsp3) is 0.375. The van der Waals surface area contributed by atoms with Crippen LogP contribution in [0, 0.1) is 6.92 Å². The van der Waals surface area contributed by atoms with Gasteiger partial charge in [-0.25, -0.2) is 18.0 Å². The summed E-state index contributed by atoms with van der Waals surface area (Å²) in [6, 6.07) is 11.2. The molecule has 0 unspecified atom stereocenters. The molecule has 2 N–H and O–H groups in total. The summed E-state index contributed by atoms with van der Waals surface area (Å²) >= 11 is 0. The second-order valence-electron chi connectivity index (χ2n) is 8.35. The number of nitrogens with one attached hydrogen (secondary N) is 1. The van der Waals surface area contributed by atoms with Gasteiger partial charge in [0.05, 0.1) is 24.7 Å². The van der Waals surface area contributed by atoms with Crippen molar-refractivity contribution in [2.75, 3.05) is 39.9 Å². The second kappa shape index (κ2) is 12.0. The van der Waals surface area contributed by atoms with Gasteiger partial charge in [-0.15, -0.1) is 0 Å². The number of carbonyl (C=O) groups excluding carboxylic acids is 2. The minimum atomic E-state index is -3.92. The lowest BCUT2D eigenvalue weighted by Crippen LogP contribution is -2.46. The largest absolute Gasteiger partial charge is 0.480 e. The van der Waals surface area contributed by atoms with E-state index in [0.717, 1.165) is 9.87 Å². The van der Waals surface area contributed by atoms with E-state index in [9.17, 15) is 27.9 Å². The van der Waals surface area contributed by atoms with Crippen LogP contribution in [0.1, 0.15) is 11.1 Å². The summed E-state index contributed by atoms with van der Waals surface area (Å²) in [7, 11) is -2.66. The maximum atomic E-state index is 12.7. The third-order valence-electron chi connectivity index (χ3n) is 5.57. The molecule has 1 aliphatic heterocycles. The standard InChI is InChI=1S/C24H29N3O8S/c1-17-3-9-20(10-4-17)36(32,33)26(2)16-22(28)25-21(23(29)30)15-18-5-7-19(8-6-18)35-24(31)27-11-13-34-14-12-27/h3-10,21H,11-16H2,1-2H3,(H,25,28)(H,29,30)/t21-/m0/s1. The number of likely N-dealkylation sites (N-methyl/N-ethyl adjacent to an activating group) is 1. The van der Waals surface area contributed by atoms with Crippen LogP contribution in [0.3, 0.4) is 0 Å². The van der Waals surface area contributed by atoms with Crippen molar-refractivity contribution in [2.45, 2.75) is 24.3 Å². The number of hydrogen-bond acceptors (Lipinski definition) is 7. The summed E-state index contributed by atoms with van der Waals surface area (Å²) in [5, 5.41) is 11.9. The van der Waals surface area contributed by atoms with E-state index in [1.165, 1.54) is 36.2 Å². The molecule has 194 valence electrons. The molecule has 12 heteroatoms. The molecule has 2 amide bonds. The third kappa shape index (κ3) is 7.26. The first-order valence-electron chi connectivity index (χ1n) is 11.2. The predicted octanol–water partition coefficient (Wildman–Crippen LogP) is 1.26. The Bertz CT molecular complexity index is 1180. The van der Waals surface area contributed by atoms with E-state index < -0.39 is 40.6 Å². The molecule has 1 atom stereocenters. The van der Waals surface area contributed by atoms with Crippen molar-refractivity contribution < 1.29 is 37.4 Å². The SMILES string of the molecule is Cc1ccc(S(=O)(=O)N(C)CC(=O)N[C@@H](Cc2ccc(OC(=O)N3CCOCC3)cc2)C(=O)O)cc1. The molecule has 0 aliphatic carbocycles. The molecular formula is C24H29N3O8S. The lowest BCUT2D eigenvalue weighted by Gasteiger charge is -2.25. The highest BCUT2D eigenvalue weighted by atomic mass is 32.2. The van der Waals surface area contributed by atoms with Gasteiger partial charge >= 0.3 is 12.1 Å². The molecule has 2 aromatic rings. The first kappa shape index (κ1) is 27.1. The summed E-state index contributed by atoms with van der Waals surface area (Å²) in [5.41, 5.74) is 1.47. The van der Waals surface area contributed by atoms with Crippen molar-refractivity contribution >= 4 is 28.0 Å². The van der Waals surface area contributed by atoms with Gasteiger partial charge in [0.2, 0.25) is 15.9 Å². The molecule has 0 saturated carbocycles. The van der Waals surface area contributed by atoms with Gasteiger partial charge in [0.1, 0.15) is 11.8 Å². The Kier molecular flexibility index (Phi) is 9.02. The maximum absolute atomic E-state index is 12.7. The molecule has 1 saturated heterocycles. The van der Waals surface area contributed by atoms with Crippen LogP contribution in [0.25, 0.3) is 0 Å². The highest BCUT2D eigenvalue weighted by Crippen LogP contribution is 2.17. The molecule has 1 aliphatic rings. The van der Waals surface area contributed by atoms with E-state index >= 15 is 0 Å². The Morgan fingerprint density at radius 2 is 1.69 bits per heavy atom. The number of morpholine rings is 1. The number of hydrogen-bond donors (Lipinski definition) is 2. The summed E-state index contributed by atoms with van der Waals surface area (Å²) in [5.74, 6) is -1.72. The minimum Gasteiger partial charge on any atom is -0.480 e. The molecule has 0 bridgehead atoms. The number of benzene rings is 2. The smallest absolute Gasteiger partial charge is 0.415 e. The van der Waals surface area contributed by atoms with Crippen molar-refractivity contribution in [3.8, 4) is 5.75 Å². The van der Waals surface area contributed by atoms with Crippen molar-refractivity contribution in [1.82, 2.24) is 14.5 Å². The van der Waals surface area contributed by atoms with Gasteiger partial charge in [-0.1, -0.05) is 29.8 Å². The normalized spacial score (nSPS) is 14.8. The van der Waals surface area contributed by atoms with Crippen molar-refractivity contribution in [1.29, 1.82) is 0 Å². The van der Waals surface area contributed by atoms with Crippen LogP contribution in [0.2, 0.25) is 0 Å². The van der Waals surface area contributed by atoms with Gasteiger partial charge in [0.25, 0.3) is 0 Å². The molecule has 0 spiro atoms. The molecule has 1 fully saturated rings. The minimum absolute atomic E-state index is 0.0348. The molecule has 0 aromatic heterocycles. The summed E-state index contributed by atoms with van der Waals surface area (Å²) < 4.78 is 36.8. The van der Waals surface area contributed by atoms with Gasteiger partial charge in [0.15, 0.2) is 0 Å². The molecule has 1 heterocycles. The zero-order valence-electron chi connectivity index (χ0n) is 20.0. The van der Waals surface area contributed by atoms with Crippen molar-refractivity contribution in [3.63, 3.8) is 0 Å². The van der Waals surface area contributed by atoms with E-state index in [2.05, 4.69) is 5.32 Å². The number of ether oxygens (including phenoxy) is 2. The predicted molar refractivity (Wildman–Crippen MR) is 129 cm³/mol. The van der Waals surface area contributed by atoms with Crippen LogP contribution in [-0.4, -0.2) is 86.6 Å². The van der Waals surface area contributed by atoms with Gasteiger partial charge in [-0.3, -0.25) is 4.79 Å². The number of carboxylic acids is 1. The van der Waals surface area contributed by atoms with Crippen LogP contribution in [0.5, 0.6) is 5.75 Å². The Labute approximate surface area is 209 Å². The maximum Gasteiger partial charge on any atom is 0.415 e. The molecule has 2 aromatic carbocycles. The molecule has 36 heavy (non-hydrogen) atoms. The summed E-state index contributed by atoms with van der Waals surface area (Å²) in [6.45, 7) is 3.06. The number of amides is 2. The van der Waals surface area contributed by atoms with Gasteiger partial charge in [0, 0.05) is 26.6 Å². The van der Waals surface area contributed by atoms with Crippen LogP contribution in [-0.2, 0) is 30.8 Å². The Balaban J connectivity index is 1.56. The van der Waals surface area contributed by atoms with Crippen LogP contribution < -0.4 is 10.1 Å². The monoisotopic (exact) mass is 519 g/mol. The van der Waals surface area contributed by atoms with Gasteiger partial charge in [-0.2, -0.15) is 4.31 Å². The fourth-order valence-corrected chi connectivity index (χ4v) is 4.59. The van der Waals surface area contributed by atoms with E-state index in [1.54, 1.807) is 24.3 Å². The van der Waals surface area contributed by atoms with Crippen LogP contribution in [0.4, 0.5) is 4.79 Å². The number of carboxylic acid groups (broad SMARTS) is 1. The Hall–Kier alpha value is -3.48. The van der Waals surface area contributed by atoms with E-state index in [1.807, 2.05) is 6.92 Å². The summed E-state index contributed by atoms with van der Waals surface area (Å²) in [4.78, 5) is 37.9. The Morgan fingerprint density at radius 1 is 1.08 bits per heavy atom. The number of aryl methyl sites for hydroxylation is 1. The zero-order chi connectivity index (χ0) is 26.3.